The van der Waals surface area contributed by atoms with Gasteiger partial charge >= 0.3 is 0 Å². The molecule has 0 bridgehead atoms. The fourth-order valence-electron chi connectivity index (χ4n) is 1.71. The van der Waals surface area contributed by atoms with E-state index in [0.717, 1.165) is 17.7 Å². The normalized spacial score (nSPS) is 9.26. The predicted octanol–water partition coefficient (Wildman–Crippen LogP) is 3.95. The van der Waals surface area contributed by atoms with Crippen LogP contribution in [0.3, 0.4) is 0 Å². The molecule has 0 aliphatic carbocycles. The van der Waals surface area contributed by atoms with Gasteiger partial charge in [-0.15, -0.1) is 0 Å². The second-order valence-electron chi connectivity index (χ2n) is 4.05. The molecular formula is C18H16O. The van der Waals surface area contributed by atoms with Crippen molar-refractivity contribution in [3.05, 3.63) is 72.3 Å². The van der Waals surface area contributed by atoms with E-state index in [1.54, 1.807) is 6.08 Å². The Morgan fingerprint density at radius 2 is 1.68 bits per heavy atom. The molecule has 0 aliphatic rings. The molecule has 1 heteroatoms. The number of rotatable bonds is 4. The van der Waals surface area contributed by atoms with Gasteiger partial charge in [0.25, 0.3) is 0 Å². The monoisotopic (exact) mass is 248 g/mol. The molecule has 0 unspecified atom stereocenters. The number of para-hydroxylation sites is 1. The molecule has 2 rings (SSSR count). The summed E-state index contributed by atoms with van der Waals surface area (Å²) >= 11 is 0. The van der Waals surface area contributed by atoms with Gasteiger partial charge in [-0.05, 0) is 11.6 Å². The molecular weight excluding hydrogens is 232 g/mol. The fraction of sp³-hybridized carbons (Fsp3) is 0.111. The Morgan fingerprint density at radius 1 is 0.947 bits per heavy atom. The van der Waals surface area contributed by atoms with Crippen molar-refractivity contribution >= 4 is 6.08 Å². The van der Waals surface area contributed by atoms with E-state index < -0.39 is 0 Å². The molecule has 0 aliphatic heterocycles. The summed E-state index contributed by atoms with van der Waals surface area (Å²) in [5.74, 6) is 6.96. The van der Waals surface area contributed by atoms with Gasteiger partial charge < -0.3 is 4.74 Å². The van der Waals surface area contributed by atoms with Crippen molar-refractivity contribution in [1.29, 1.82) is 0 Å². The third-order valence-corrected chi connectivity index (χ3v) is 2.70. The van der Waals surface area contributed by atoms with Crippen LogP contribution in [0.1, 0.15) is 11.1 Å². The predicted molar refractivity (Wildman–Crippen MR) is 80.0 cm³/mol. The minimum absolute atomic E-state index is 0.400. The summed E-state index contributed by atoms with van der Waals surface area (Å²) in [6, 6.07) is 18.0. The minimum atomic E-state index is 0.400. The van der Waals surface area contributed by atoms with Crippen molar-refractivity contribution in [3.8, 4) is 17.6 Å². The van der Waals surface area contributed by atoms with Gasteiger partial charge in [-0.3, -0.25) is 0 Å². The lowest BCUT2D eigenvalue weighted by Gasteiger charge is -2.05. The molecule has 0 amide bonds. The SMILES string of the molecule is C=Cc1ccccc1OCC#CCc1ccccc1. The summed E-state index contributed by atoms with van der Waals surface area (Å²) in [4.78, 5) is 0. The molecule has 0 saturated carbocycles. The molecule has 0 saturated heterocycles. The van der Waals surface area contributed by atoms with Crippen LogP contribution in [0.15, 0.2) is 61.2 Å². The first-order valence-corrected chi connectivity index (χ1v) is 6.24. The number of hydrogen-bond donors (Lipinski definition) is 0. The van der Waals surface area contributed by atoms with Crippen molar-refractivity contribution < 1.29 is 4.74 Å². The minimum Gasteiger partial charge on any atom is -0.480 e. The van der Waals surface area contributed by atoms with Gasteiger partial charge in [0.05, 0.1) is 0 Å². The number of benzene rings is 2. The molecule has 19 heavy (non-hydrogen) atoms. The molecule has 2 aromatic carbocycles. The Kier molecular flexibility index (Phi) is 4.84. The van der Waals surface area contributed by atoms with Crippen LogP contribution < -0.4 is 4.74 Å². The smallest absolute Gasteiger partial charge is 0.149 e. The van der Waals surface area contributed by atoms with E-state index >= 15 is 0 Å². The van der Waals surface area contributed by atoms with Crippen molar-refractivity contribution in [1.82, 2.24) is 0 Å². The highest BCUT2D eigenvalue weighted by atomic mass is 16.5. The van der Waals surface area contributed by atoms with Gasteiger partial charge in [0, 0.05) is 12.0 Å². The average Bonchev–Trinajstić information content (AvgIpc) is 2.48. The average molecular weight is 248 g/mol. The van der Waals surface area contributed by atoms with Crippen molar-refractivity contribution in [2.45, 2.75) is 6.42 Å². The molecule has 0 spiro atoms. The lowest BCUT2D eigenvalue weighted by atomic mass is 10.2. The maximum atomic E-state index is 5.62. The van der Waals surface area contributed by atoms with Crippen LogP contribution in [-0.4, -0.2) is 6.61 Å². The van der Waals surface area contributed by atoms with E-state index in [9.17, 15) is 0 Å². The van der Waals surface area contributed by atoms with Gasteiger partial charge in [-0.1, -0.05) is 73.0 Å². The van der Waals surface area contributed by atoms with Crippen LogP contribution in [0, 0.1) is 11.8 Å². The van der Waals surface area contributed by atoms with Crippen LogP contribution in [-0.2, 0) is 6.42 Å². The van der Waals surface area contributed by atoms with Crippen LogP contribution in [0.4, 0.5) is 0 Å². The third kappa shape index (κ3) is 4.04. The zero-order valence-electron chi connectivity index (χ0n) is 10.8. The maximum absolute atomic E-state index is 5.62. The van der Waals surface area contributed by atoms with Gasteiger partial charge in [0.1, 0.15) is 12.4 Å². The van der Waals surface area contributed by atoms with E-state index in [4.69, 9.17) is 4.74 Å². The van der Waals surface area contributed by atoms with E-state index in [1.165, 1.54) is 5.56 Å². The fourth-order valence-corrected chi connectivity index (χ4v) is 1.71. The summed E-state index contributed by atoms with van der Waals surface area (Å²) in [6.45, 7) is 4.16. The van der Waals surface area contributed by atoms with E-state index in [1.807, 2.05) is 42.5 Å². The summed E-state index contributed by atoms with van der Waals surface area (Å²) in [5, 5.41) is 0. The van der Waals surface area contributed by atoms with Gasteiger partial charge in [-0.2, -0.15) is 0 Å². The summed E-state index contributed by atoms with van der Waals surface area (Å²) < 4.78 is 5.62. The Bertz CT molecular complexity index is 588. The molecule has 94 valence electrons. The topological polar surface area (TPSA) is 9.23 Å². The zero-order chi connectivity index (χ0) is 13.3. The lowest BCUT2D eigenvalue weighted by Crippen LogP contribution is -1.95. The largest absolute Gasteiger partial charge is 0.480 e. The molecule has 0 aromatic heterocycles. The number of ether oxygens (including phenoxy) is 1. The molecule has 0 radical (unpaired) electrons. The molecule has 2 aromatic rings. The molecule has 0 atom stereocenters. The Morgan fingerprint density at radius 3 is 2.47 bits per heavy atom. The van der Waals surface area contributed by atoms with E-state index in [-0.39, 0.29) is 0 Å². The third-order valence-electron chi connectivity index (χ3n) is 2.70. The highest BCUT2D eigenvalue weighted by Crippen LogP contribution is 2.18. The van der Waals surface area contributed by atoms with E-state index in [0.29, 0.717) is 6.61 Å². The van der Waals surface area contributed by atoms with Crippen molar-refractivity contribution in [3.63, 3.8) is 0 Å². The van der Waals surface area contributed by atoms with Gasteiger partial charge in [0.15, 0.2) is 0 Å². The Labute approximate surface area is 114 Å². The maximum Gasteiger partial charge on any atom is 0.149 e. The van der Waals surface area contributed by atoms with Gasteiger partial charge in [0.2, 0.25) is 0 Å². The quantitative estimate of drug-likeness (QED) is 0.744. The second-order valence-corrected chi connectivity index (χ2v) is 4.05. The van der Waals surface area contributed by atoms with Crippen LogP contribution >= 0.6 is 0 Å². The lowest BCUT2D eigenvalue weighted by molar-refractivity contribution is 0.369. The first-order valence-electron chi connectivity index (χ1n) is 6.24. The molecule has 0 heterocycles. The highest BCUT2D eigenvalue weighted by molar-refractivity contribution is 5.55. The summed E-state index contributed by atoms with van der Waals surface area (Å²) in [5.41, 5.74) is 2.22. The molecule has 0 N–H and O–H groups in total. The Hall–Kier alpha value is -2.46. The number of hydrogen-bond acceptors (Lipinski definition) is 1. The first-order chi connectivity index (χ1) is 9.40. The van der Waals surface area contributed by atoms with Crippen molar-refractivity contribution in [2.24, 2.45) is 0 Å². The highest BCUT2D eigenvalue weighted by Gasteiger charge is 1.96. The molecule has 1 nitrogen and oxygen atoms in total. The molecule has 0 fully saturated rings. The van der Waals surface area contributed by atoms with Crippen LogP contribution in [0.2, 0.25) is 0 Å². The summed E-state index contributed by atoms with van der Waals surface area (Å²) in [7, 11) is 0. The van der Waals surface area contributed by atoms with Gasteiger partial charge in [-0.25, -0.2) is 0 Å². The van der Waals surface area contributed by atoms with E-state index in [2.05, 4.69) is 30.6 Å². The first kappa shape index (κ1) is 13.0. The zero-order valence-corrected chi connectivity index (χ0v) is 10.8. The van der Waals surface area contributed by atoms with Crippen LogP contribution in [0.25, 0.3) is 6.08 Å². The second kappa shape index (κ2) is 7.08. The summed E-state index contributed by atoms with van der Waals surface area (Å²) in [6.07, 6.45) is 2.54. The van der Waals surface area contributed by atoms with Crippen molar-refractivity contribution in [2.75, 3.05) is 6.61 Å². The standard InChI is InChI=1S/C18H16O/c1-2-17-13-6-7-14-18(17)19-15-9-8-12-16-10-4-3-5-11-16/h2-7,10-11,13-14H,1,12,15H2. The van der Waals surface area contributed by atoms with Crippen LogP contribution in [0.5, 0.6) is 5.75 Å². The Balaban J connectivity index is 1.86.